The fraction of sp³-hybridized carbons (Fsp3) is 0.889. The van der Waals surface area contributed by atoms with Crippen LogP contribution in [0.25, 0.3) is 0 Å². The lowest BCUT2D eigenvalue weighted by atomic mass is 9.90. The number of carbonyl (C=O) groups excluding carboxylic acids is 2. The van der Waals surface area contributed by atoms with Gasteiger partial charge in [0.15, 0.2) is 0 Å². The summed E-state index contributed by atoms with van der Waals surface area (Å²) in [5.41, 5.74) is 0. The SMILES string of the molecule is COCCN1CCC(NC(=O)N(C=O)C2CCC(N(C)C)CC2)CC1. The van der Waals surface area contributed by atoms with Crippen LogP contribution in [0.4, 0.5) is 4.79 Å². The number of ether oxygens (including phenoxy) is 1. The van der Waals surface area contributed by atoms with E-state index in [0.717, 1.165) is 64.8 Å². The number of methoxy groups -OCH3 is 1. The lowest BCUT2D eigenvalue weighted by molar-refractivity contribution is -0.117. The Balaban J connectivity index is 1.76. The Kier molecular flexibility index (Phi) is 8.12. The molecule has 0 atom stereocenters. The van der Waals surface area contributed by atoms with Crippen LogP contribution in [0.2, 0.25) is 0 Å². The number of likely N-dealkylation sites (tertiary alicyclic amines) is 1. The quantitative estimate of drug-likeness (QED) is 0.695. The molecule has 1 heterocycles. The first-order valence-corrected chi connectivity index (χ1v) is 9.47. The number of rotatable bonds is 7. The van der Waals surface area contributed by atoms with Crippen molar-refractivity contribution in [3.8, 4) is 0 Å². The molecule has 0 aromatic rings. The van der Waals surface area contributed by atoms with Crippen molar-refractivity contribution in [1.82, 2.24) is 20.0 Å². The van der Waals surface area contributed by atoms with Gasteiger partial charge in [-0.3, -0.25) is 9.69 Å². The van der Waals surface area contributed by atoms with Crippen LogP contribution in [-0.4, -0.2) is 92.7 Å². The molecule has 7 heteroatoms. The van der Waals surface area contributed by atoms with Crippen LogP contribution in [0, 0.1) is 0 Å². The third-order valence-corrected chi connectivity index (χ3v) is 5.66. The summed E-state index contributed by atoms with van der Waals surface area (Å²) in [6.45, 7) is 3.60. The van der Waals surface area contributed by atoms with Gasteiger partial charge >= 0.3 is 6.03 Å². The molecule has 144 valence electrons. The Morgan fingerprint density at radius 2 is 1.72 bits per heavy atom. The average Bonchev–Trinajstić information content (AvgIpc) is 2.62. The molecule has 1 N–H and O–H groups in total. The number of nitrogens with zero attached hydrogens (tertiary/aromatic N) is 3. The van der Waals surface area contributed by atoms with Gasteiger partial charge in [0.05, 0.1) is 6.61 Å². The third-order valence-electron chi connectivity index (χ3n) is 5.66. The van der Waals surface area contributed by atoms with Crippen molar-refractivity contribution in [3.63, 3.8) is 0 Å². The predicted octanol–water partition coefficient (Wildman–Crippen LogP) is 1.14. The molecule has 7 nitrogen and oxygen atoms in total. The number of urea groups is 1. The van der Waals surface area contributed by atoms with Gasteiger partial charge in [0.2, 0.25) is 6.41 Å². The lowest BCUT2D eigenvalue weighted by Crippen LogP contribution is -2.52. The van der Waals surface area contributed by atoms with Gasteiger partial charge in [-0.05, 0) is 52.6 Å². The molecule has 1 aliphatic carbocycles. The normalized spacial score (nSPS) is 25.8. The molecule has 0 unspecified atom stereocenters. The van der Waals surface area contributed by atoms with Gasteiger partial charge in [-0.2, -0.15) is 0 Å². The second-order valence-electron chi connectivity index (χ2n) is 7.50. The molecule has 0 spiro atoms. The number of amides is 3. The smallest absolute Gasteiger partial charge is 0.324 e. The first-order chi connectivity index (χ1) is 12.0. The van der Waals surface area contributed by atoms with Gasteiger partial charge in [0, 0.05) is 44.9 Å². The van der Waals surface area contributed by atoms with Crippen LogP contribution in [0.15, 0.2) is 0 Å². The first-order valence-electron chi connectivity index (χ1n) is 9.47. The Morgan fingerprint density at radius 3 is 2.24 bits per heavy atom. The van der Waals surface area contributed by atoms with Gasteiger partial charge in [-0.15, -0.1) is 0 Å². The molecule has 2 aliphatic rings. The molecular weight excluding hydrogens is 320 g/mol. The molecule has 0 bridgehead atoms. The van der Waals surface area contributed by atoms with Gasteiger partial charge in [-0.25, -0.2) is 4.79 Å². The van der Waals surface area contributed by atoms with E-state index >= 15 is 0 Å². The number of piperidine rings is 1. The number of hydrogen-bond donors (Lipinski definition) is 1. The van der Waals surface area contributed by atoms with Crippen molar-refractivity contribution in [3.05, 3.63) is 0 Å². The topological polar surface area (TPSA) is 65.1 Å². The molecule has 2 rings (SSSR count). The summed E-state index contributed by atoms with van der Waals surface area (Å²) in [5.74, 6) is 0. The average molecular weight is 354 g/mol. The van der Waals surface area contributed by atoms with Gasteiger partial charge in [0.25, 0.3) is 0 Å². The van der Waals surface area contributed by atoms with Gasteiger partial charge in [-0.1, -0.05) is 0 Å². The highest BCUT2D eigenvalue weighted by Crippen LogP contribution is 2.25. The summed E-state index contributed by atoms with van der Waals surface area (Å²) in [4.78, 5) is 30.0. The maximum Gasteiger partial charge on any atom is 0.324 e. The second kappa shape index (κ2) is 10.1. The summed E-state index contributed by atoms with van der Waals surface area (Å²) in [5, 5.41) is 3.07. The monoisotopic (exact) mass is 354 g/mol. The zero-order chi connectivity index (χ0) is 18.2. The van der Waals surface area contributed by atoms with Crippen molar-refractivity contribution < 1.29 is 14.3 Å². The molecular formula is C18H34N4O3. The van der Waals surface area contributed by atoms with Gasteiger partial charge in [0.1, 0.15) is 0 Å². The Bertz CT molecular complexity index is 417. The summed E-state index contributed by atoms with van der Waals surface area (Å²) in [6, 6.07) is 0.533. The summed E-state index contributed by atoms with van der Waals surface area (Å²) in [6.07, 6.45) is 6.42. The Morgan fingerprint density at radius 1 is 1.12 bits per heavy atom. The molecule has 0 aromatic heterocycles. The third kappa shape index (κ3) is 5.94. The molecule has 1 saturated heterocycles. The van der Waals surface area contributed by atoms with Crippen LogP contribution >= 0.6 is 0 Å². The van der Waals surface area contributed by atoms with Gasteiger partial charge < -0.3 is 19.9 Å². The molecule has 1 saturated carbocycles. The van der Waals surface area contributed by atoms with E-state index in [0.29, 0.717) is 12.5 Å². The van der Waals surface area contributed by atoms with E-state index in [-0.39, 0.29) is 18.1 Å². The highest BCUT2D eigenvalue weighted by Gasteiger charge is 2.31. The molecule has 1 aliphatic heterocycles. The number of carbonyl (C=O) groups is 2. The fourth-order valence-electron chi connectivity index (χ4n) is 3.92. The fourth-order valence-corrected chi connectivity index (χ4v) is 3.92. The van der Waals surface area contributed by atoms with E-state index in [1.165, 1.54) is 4.90 Å². The Labute approximate surface area is 151 Å². The summed E-state index contributed by atoms with van der Waals surface area (Å²) < 4.78 is 5.11. The minimum absolute atomic E-state index is 0.0375. The molecule has 2 fully saturated rings. The standard InChI is InChI=1S/C18H34N4O3/c1-20(2)16-4-6-17(7-5-16)22(14-23)18(24)19-15-8-10-21(11-9-15)12-13-25-3/h14-17H,4-13H2,1-3H3,(H,19,24). The zero-order valence-electron chi connectivity index (χ0n) is 15.9. The minimum Gasteiger partial charge on any atom is -0.383 e. The maximum atomic E-state index is 12.6. The molecule has 3 amide bonds. The largest absolute Gasteiger partial charge is 0.383 e. The number of imide groups is 1. The van der Waals surface area contributed by atoms with Crippen molar-refractivity contribution in [2.45, 2.75) is 56.7 Å². The lowest BCUT2D eigenvalue weighted by Gasteiger charge is -2.37. The van der Waals surface area contributed by atoms with E-state index in [4.69, 9.17) is 4.74 Å². The highest BCUT2D eigenvalue weighted by atomic mass is 16.5. The van der Waals surface area contributed by atoms with Crippen LogP contribution in [-0.2, 0) is 9.53 Å². The molecule has 0 aromatic carbocycles. The Hall–Kier alpha value is -1.18. The van der Waals surface area contributed by atoms with Crippen LogP contribution < -0.4 is 5.32 Å². The first kappa shape index (κ1) is 20.1. The number of hydrogen-bond acceptors (Lipinski definition) is 5. The van der Waals surface area contributed by atoms with E-state index in [9.17, 15) is 9.59 Å². The second-order valence-corrected chi connectivity index (χ2v) is 7.50. The van der Waals surface area contributed by atoms with E-state index in [2.05, 4.69) is 29.2 Å². The highest BCUT2D eigenvalue weighted by molar-refractivity contribution is 5.85. The van der Waals surface area contributed by atoms with Crippen LogP contribution in [0.1, 0.15) is 38.5 Å². The predicted molar refractivity (Wildman–Crippen MR) is 97.5 cm³/mol. The zero-order valence-corrected chi connectivity index (χ0v) is 15.9. The molecule has 25 heavy (non-hydrogen) atoms. The minimum atomic E-state index is -0.223. The van der Waals surface area contributed by atoms with Crippen molar-refractivity contribution in [2.75, 3.05) is 47.4 Å². The maximum absolute atomic E-state index is 12.6. The molecule has 0 radical (unpaired) electrons. The van der Waals surface area contributed by atoms with E-state index in [1.54, 1.807) is 7.11 Å². The summed E-state index contributed by atoms with van der Waals surface area (Å²) >= 11 is 0. The van der Waals surface area contributed by atoms with Crippen LogP contribution in [0.5, 0.6) is 0 Å². The number of nitrogens with one attached hydrogen (secondary N) is 1. The van der Waals surface area contributed by atoms with Crippen molar-refractivity contribution in [2.24, 2.45) is 0 Å². The van der Waals surface area contributed by atoms with Crippen LogP contribution in [0.3, 0.4) is 0 Å². The van der Waals surface area contributed by atoms with E-state index in [1.807, 2.05) is 0 Å². The van der Waals surface area contributed by atoms with Crippen molar-refractivity contribution in [1.29, 1.82) is 0 Å². The van der Waals surface area contributed by atoms with E-state index < -0.39 is 0 Å². The summed E-state index contributed by atoms with van der Waals surface area (Å²) in [7, 11) is 5.90. The van der Waals surface area contributed by atoms with Crippen molar-refractivity contribution >= 4 is 12.4 Å².